The second-order valence-corrected chi connectivity index (χ2v) is 5.33. The minimum atomic E-state index is -0.950. The number of esters is 1. The topological polar surface area (TPSA) is 63.6 Å². The van der Waals surface area contributed by atoms with Gasteiger partial charge in [-0.3, -0.25) is 0 Å². The minimum Gasteiger partial charge on any atom is -0.478 e. The van der Waals surface area contributed by atoms with Crippen molar-refractivity contribution >= 4 is 11.9 Å². The lowest BCUT2D eigenvalue weighted by molar-refractivity contribution is -0.141. The molecule has 0 aromatic carbocycles. The highest BCUT2D eigenvalue weighted by Crippen LogP contribution is 2.48. The first-order chi connectivity index (χ1) is 8.00. The van der Waals surface area contributed by atoms with Crippen LogP contribution in [0.1, 0.15) is 33.1 Å². The number of rotatable bonds is 4. The van der Waals surface area contributed by atoms with Gasteiger partial charge in [0.1, 0.15) is 0 Å². The van der Waals surface area contributed by atoms with Gasteiger partial charge in [0.2, 0.25) is 0 Å². The first-order valence-electron chi connectivity index (χ1n) is 6.15. The van der Waals surface area contributed by atoms with Crippen LogP contribution in [0.3, 0.4) is 0 Å². The quantitative estimate of drug-likeness (QED) is 0.761. The summed E-state index contributed by atoms with van der Waals surface area (Å²) < 4.78 is 5.16. The van der Waals surface area contributed by atoms with Gasteiger partial charge in [-0.1, -0.05) is 13.8 Å². The summed E-state index contributed by atoms with van der Waals surface area (Å²) >= 11 is 0. The molecule has 0 amide bonds. The number of carboxylic acids is 1. The molecular formula is C13H18O4. The van der Waals surface area contributed by atoms with Crippen molar-refractivity contribution in [3.05, 3.63) is 11.1 Å². The zero-order chi connectivity index (χ0) is 12.6. The van der Waals surface area contributed by atoms with Crippen LogP contribution < -0.4 is 0 Å². The normalized spacial score (nSPS) is 26.8. The van der Waals surface area contributed by atoms with Crippen LogP contribution in [0.25, 0.3) is 0 Å². The van der Waals surface area contributed by atoms with Gasteiger partial charge in [-0.2, -0.15) is 0 Å². The van der Waals surface area contributed by atoms with Crippen LogP contribution in [0.2, 0.25) is 0 Å². The standard InChI is InChI=1S/C13H18O4/c1-7(2)6-17-13(16)11-9-4-3-8(5-9)10(11)12(14)15/h7-9H,3-6H2,1-2H3,(H,14,15). The Hall–Kier alpha value is -1.32. The van der Waals surface area contributed by atoms with E-state index in [1.807, 2.05) is 13.8 Å². The first kappa shape index (κ1) is 12.1. The van der Waals surface area contributed by atoms with Crippen molar-refractivity contribution in [1.82, 2.24) is 0 Å². The summed E-state index contributed by atoms with van der Waals surface area (Å²) in [5.74, 6) is -0.909. The fourth-order valence-corrected chi connectivity index (χ4v) is 2.83. The molecule has 0 heterocycles. The SMILES string of the molecule is CC(C)COC(=O)C1=C(C(=O)O)C2CCC1C2. The molecule has 94 valence electrons. The molecule has 2 aliphatic rings. The van der Waals surface area contributed by atoms with E-state index >= 15 is 0 Å². The Labute approximate surface area is 101 Å². The van der Waals surface area contributed by atoms with Crippen LogP contribution in [-0.4, -0.2) is 23.7 Å². The highest BCUT2D eigenvalue weighted by Gasteiger charge is 2.45. The number of hydrogen-bond acceptors (Lipinski definition) is 3. The van der Waals surface area contributed by atoms with Crippen molar-refractivity contribution in [2.75, 3.05) is 6.61 Å². The van der Waals surface area contributed by atoms with E-state index in [9.17, 15) is 9.59 Å². The minimum absolute atomic E-state index is 0.0686. The highest BCUT2D eigenvalue weighted by molar-refractivity contribution is 6.01. The van der Waals surface area contributed by atoms with E-state index in [2.05, 4.69) is 0 Å². The predicted octanol–water partition coefficient (Wildman–Crippen LogP) is 2.00. The average molecular weight is 238 g/mol. The van der Waals surface area contributed by atoms with Gasteiger partial charge < -0.3 is 9.84 Å². The van der Waals surface area contributed by atoms with Crippen LogP contribution in [0.4, 0.5) is 0 Å². The second-order valence-electron chi connectivity index (χ2n) is 5.33. The number of fused-ring (bicyclic) bond motifs is 2. The lowest BCUT2D eigenvalue weighted by Gasteiger charge is -2.16. The maximum absolute atomic E-state index is 11.9. The Morgan fingerprint density at radius 1 is 1.29 bits per heavy atom. The first-order valence-corrected chi connectivity index (χ1v) is 6.15. The molecule has 0 radical (unpaired) electrons. The van der Waals surface area contributed by atoms with Gasteiger partial charge in [0.15, 0.2) is 0 Å². The third kappa shape index (κ3) is 2.21. The summed E-state index contributed by atoms with van der Waals surface area (Å²) in [5, 5.41) is 9.17. The number of carboxylic acid groups (broad SMARTS) is 1. The van der Waals surface area contributed by atoms with E-state index in [4.69, 9.17) is 9.84 Å². The molecule has 2 rings (SSSR count). The molecule has 0 aromatic heterocycles. The van der Waals surface area contributed by atoms with Gasteiger partial charge >= 0.3 is 11.9 Å². The monoisotopic (exact) mass is 238 g/mol. The van der Waals surface area contributed by atoms with Crippen molar-refractivity contribution in [3.8, 4) is 0 Å². The third-order valence-corrected chi connectivity index (χ3v) is 3.54. The summed E-state index contributed by atoms with van der Waals surface area (Å²) in [5.41, 5.74) is 0.754. The van der Waals surface area contributed by atoms with E-state index in [0.717, 1.165) is 19.3 Å². The number of carbonyl (C=O) groups excluding carboxylic acids is 1. The van der Waals surface area contributed by atoms with Gasteiger partial charge in [-0.15, -0.1) is 0 Å². The van der Waals surface area contributed by atoms with Crippen LogP contribution in [0.15, 0.2) is 11.1 Å². The Kier molecular flexibility index (Phi) is 3.22. The lowest BCUT2D eigenvalue weighted by atomic mass is 9.92. The molecule has 0 spiro atoms. The van der Waals surface area contributed by atoms with Crippen LogP contribution >= 0.6 is 0 Å². The molecule has 1 N–H and O–H groups in total. The van der Waals surface area contributed by atoms with E-state index in [-0.39, 0.29) is 17.8 Å². The average Bonchev–Trinajstić information content (AvgIpc) is 2.84. The summed E-state index contributed by atoms with van der Waals surface area (Å²) in [6, 6.07) is 0. The number of aliphatic carboxylic acids is 1. The smallest absolute Gasteiger partial charge is 0.334 e. The Balaban J connectivity index is 2.17. The van der Waals surface area contributed by atoms with Gasteiger partial charge in [0.05, 0.1) is 17.8 Å². The van der Waals surface area contributed by atoms with Crippen molar-refractivity contribution in [1.29, 1.82) is 0 Å². The van der Waals surface area contributed by atoms with Crippen molar-refractivity contribution in [2.45, 2.75) is 33.1 Å². The number of hydrogen-bond donors (Lipinski definition) is 1. The van der Waals surface area contributed by atoms with E-state index in [0.29, 0.717) is 17.8 Å². The Morgan fingerprint density at radius 3 is 2.41 bits per heavy atom. The molecule has 0 saturated heterocycles. The van der Waals surface area contributed by atoms with Gasteiger partial charge in [0, 0.05) is 0 Å². The van der Waals surface area contributed by atoms with E-state index < -0.39 is 11.9 Å². The van der Waals surface area contributed by atoms with Gasteiger partial charge in [-0.25, -0.2) is 9.59 Å². The molecule has 2 atom stereocenters. The molecule has 2 aliphatic carbocycles. The van der Waals surface area contributed by atoms with Gasteiger partial charge in [0.25, 0.3) is 0 Å². The Morgan fingerprint density at radius 2 is 1.88 bits per heavy atom. The molecule has 1 fully saturated rings. The van der Waals surface area contributed by atoms with Crippen LogP contribution in [0.5, 0.6) is 0 Å². The molecule has 4 nitrogen and oxygen atoms in total. The summed E-state index contributed by atoms with van der Waals surface area (Å²) in [7, 11) is 0. The molecule has 2 unspecified atom stereocenters. The zero-order valence-electron chi connectivity index (χ0n) is 10.2. The van der Waals surface area contributed by atoms with Crippen LogP contribution in [-0.2, 0) is 14.3 Å². The van der Waals surface area contributed by atoms with Crippen molar-refractivity contribution in [3.63, 3.8) is 0 Å². The molecule has 1 saturated carbocycles. The number of carbonyl (C=O) groups is 2. The number of ether oxygens (including phenoxy) is 1. The molecule has 4 heteroatoms. The van der Waals surface area contributed by atoms with E-state index in [1.54, 1.807) is 0 Å². The fraction of sp³-hybridized carbons (Fsp3) is 0.692. The lowest BCUT2D eigenvalue weighted by Crippen LogP contribution is -2.20. The summed E-state index contributed by atoms with van der Waals surface area (Å²) in [6.45, 7) is 4.27. The Bertz CT molecular complexity index is 381. The molecule has 0 aromatic rings. The van der Waals surface area contributed by atoms with E-state index in [1.165, 1.54) is 0 Å². The maximum atomic E-state index is 11.9. The van der Waals surface area contributed by atoms with Crippen LogP contribution in [0, 0.1) is 17.8 Å². The summed E-state index contributed by atoms with van der Waals surface area (Å²) in [4.78, 5) is 23.1. The summed E-state index contributed by atoms with van der Waals surface area (Å²) in [6.07, 6.45) is 2.63. The fourth-order valence-electron chi connectivity index (χ4n) is 2.83. The highest BCUT2D eigenvalue weighted by atomic mass is 16.5. The maximum Gasteiger partial charge on any atom is 0.334 e. The zero-order valence-corrected chi connectivity index (χ0v) is 10.2. The van der Waals surface area contributed by atoms with Crippen molar-refractivity contribution < 1.29 is 19.4 Å². The van der Waals surface area contributed by atoms with Crippen molar-refractivity contribution in [2.24, 2.45) is 17.8 Å². The van der Waals surface area contributed by atoms with Gasteiger partial charge in [-0.05, 0) is 37.0 Å². The third-order valence-electron chi connectivity index (χ3n) is 3.54. The predicted molar refractivity (Wildman–Crippen MR) is 61.3 cm³/mol. The molecular weight excluding hydrogens is 220 g/mol. The molecule has 2 bridgehead atoms. The molecule has 0 aliphatic heterocycles. The largest absolute Gasteiger partial charge is 0.478 e. The molecule has 17 heavy (non-hydrogen) atoms. The second kappa shape index (κ2) is 4.51.